The molecule has 3 amide bonds. The van der Waals surface area contributed by atoms with Gasteiger partial charge in [-0.05, 0) is 46.0 Å². The van der Waals surface area contributed by atoms with E-state index in [1.165, 1.54) is 0 Å². The van der Waals surface area contributed by atoms with Crippen LogP contribution in [0.25, 0.3) is 0 Å². The van der Waals surface area contributed by atoms with Crippen LogP contribution in [0.15, 0.2) is 24.8 Å². The maximum atomic E-state index is 13.3. The first kappa shape index (κ1) is 37.7. The minimum Gasteiger partial charge on any atom is -0.481 e. The average Bonchev–Trinajstić information content (AvgIpc) is 3.55. The van der Waals surface area contributed by atoms with Crippen LogP contribution < -0.4 is 16.0 Å². The van der Waals surface area contributed by atoms with Crippen LogP contribution in [-0.4, -0.2) is 93.3 Å². The highest BCUT2D eigenvalue weighted by Gasteiger charge is 2.38. The lowest BCUT2D eigenvalue weighted by Crippen LogP contribution is -2.51. The van der Waals surface area contributed by atoms with Crippen molar-refractivity contribution >= 4 is 29.8 Å². The first-order valence-electron chi connectivity index (χ1n) is 15.1. The second-order valence-corrected chi connectivity index (χ2v) is 12.7. The van der Waals surface area contributed by atoms with Crippen molar-refractivity contribution in [1.29, 1.82) is 0 Å². The molecule has 0 spiro atoms. The maximum absolute atomic E-state index is 13.3. The van der Waals surface area contributed by atoms with Crippen LogP contribution >= 0.6 is 0 Å². The number of hydrogen-bond donors (Lipinski definition) is 6. The van der Waals surface area contributed by atoms with Gasteiger partial charge in [0, 0.05) is 62.8 Å². The van der Waals surface area contributed by atoms with Gasteiger partial charge in [-0.1, -0.05) is 13.8 Å². The number of rotatable bonds is 20. The van der Waals surface area contributed by atoms with Crippen molar-refractivity contribution in [2.45, 2.75) is 96.9 Å². The number of hydrogen-bond acceptors (Lipinski definition) is 8. The summed E-state index contributed by atoms with van der Waals surface area (Å²) in [7, 11) is 3.88. The van der Waals surface area contributed by atoms with Gasteiger partial charge in [-0.3, -0.25) is 14.5 Å². The van der Waals surface area contributed by atoms with E-state index in [9.17, 15) is 34.2 Å². The minimum atomic E-state index is -1.48. The molecule has 0 aliphatic rings. The second kappa shape index (κ2) is 16.7. The lowest BCUT2D eigenvalue weighted by atomic mass is 9.78. The molecule has 0 aromatic carbocycles. The van der Waals surface area contributed by atoms with Gasteiger partial charge in [-0.25, -0.2) is 24.4 Å². The number of nitrogens with one attached hydrogen (secondary N) is 3. The summed E-state index contributed by atoms with van der Waals surface area (Å²) in [4.78, 5) is 70.5. The number of carboxylic acids is 3. The van der Waals surface area contributed by atoms with E-state index in [0.717, 1.165) is 11.6 Å². The standard InChI is InChI=1S/C30H48N8O8/c1-29(2,19-30(3,4)38(17-22-31-13-15-36(22)5)18-23-32-14-16-37(23)6)27(45)33-12-8-7-9-20(25(41)42)34-28(46)35-21(26(43)44)10-11-24(39)40/h13-16,20-21H,7-12,17-19H2,1-6H3,(H,33,45)(H,39,40)(H,41,42)(H,43,44)(H2,34,35,46). The van der Waals surface area contributed by atoms with E-state index < -0.39 is 53.4 Å². The predicted octanol–water partition coefficient (Wildman–Crippen LogP) is 1.71. The monoisotopic (exact) mass is 648 g/mol. The molecule has 16 nitrogen and oxygen atoms in total. The van der Waals surface area contributed by atoms with E-state index >= 15 is 0 Å². The molecule has 2 aromatic heterocycles. The SMILES string of the molecule is Cn1ccnc1CN(Cc1nccn1C)C(C)(C)CC(C)(C)C(=O)NCCCCC(NC(=O)NC(CCC(=O)O)C(=O)O)C(=O)O. The van der Waals surface area contributed by atoms with Gasteiger partial charge in [0.2, 0.25) is 5.91 Å². The normalized spacial score (nSPS) is 13.2. The third-order valence-corrected chi connectivity index (χ3v) is 7.91. The van der Waals surface area contributed by atoms with E-state index in [-0.39, 0.29) is 18.7 Å². The molecule has 2 aromatic rings. The van der Waals surface area contributed by atoms with Gasteiger partial charge < -0.3 is 40.4 Å². The maximum Gasteiger partial charge on any atom is 0.326 e. The molecule has 6 N–H and O–H groups in total. The topological polar surface area (TPSA) is 221 Å². The highest BCUT2D eigenvalue weighted by atomic mass is 16.4. The summed E-state index contributed by atoms with van der Waals surface area (Å²) in [6, 6.07) is -3.81. The number of amides is 3. The molecular weight excluding hydrogens is 600 g/mol. The van der Waals surface area contributed by atoms with Crippen molar-refractivity contribution in [3.8, 4) is 0 Å². The summed E-state index contributed by atoms with van der Waals surface area (Å²) in [5, 5.41) is 34.7. The molecule has 0 fully saturated rings. The van der Waals surface area contributed by atoms with Crippen LogP contribution in [0.5, 0.6) is 0 Å². The Morgan fingerprint density at radius 3 is 1.76 bits per heavy atom. The van der Waals surface area contributed by atoms with E-state index in [0.29, 0.717) is 38.9 Å². The van der Waals surface area contributed by atoms with E-state index in [2.05, 4.69) is 44.7 Å². The molecule has 0 saturated heterocycles. The first-order valence-corrected chi connectivity index (χ1v) is 15.1. The van der Waals surface area contributed by atoms with Gasteiger partial charge in [0.15, 0.2) is 0 Å². The number of carbonyl (C=O) groups is 5. The zero-order valence-electron chi connectivity index (χ0n) is 27.4. The third kappa shape index (κ3) is 11.8. The Kier molecular flexibility index (Phi) is 13.7. The van der Waals surface area contributed by atoms with Crippen LogP contribution in [0.4, 0.5) is 4.79 Å². The third-order valence-electron chi connectivity index (χ3n) is 7.91. The van der Waals surface area contributed by atoms with Crippen LogP contribution in [0.2, 0.25) is 0 Å². The van der Waals surface area contributed by atoms with E-state index in [4.69, 9.17) is 5.11 Å². The van der Waals surface area contributed by atoms with Gasteiger partial charge in [-0.2, -0.15) is 0 Å². The number of aliphatic carboxylic acids is 3. The van der Waals surface area contributed by atoms with Crippen molar-refractivity contribution in [3.05, 3.63) is 36.4 Å². The smallest absolute Gasteiger partial charge is 0.326 e. The summed E-state index contributed by atoms with van der Waals surface area (Å²) in [5.41, 5.74) is -1.19. The molecular formula is C30H48N8O8. The Balaban J connectivity index is 1.91. The largest absolute Gasteiger partial charge is 0.481 e. The molecule has 2 rings (SSSR count). The van der Waals surface area contributed by atoms with Gasteiger partial charge in [0.25, 0.3) is 0 Å². The number of aromatic nitrogens is 4. The van der Waals surface area contributed by atoms with Crippen molar-refractivity contribution < 1.29 is 39.3 Å². The lowest BCUT2D eigenvalue weighted by Gasteiger charge is -2.42. The van der Waals surface area contributed by atoms with Crippen molar-refractivity contribution in [2.75, 3.05) is 6.54 Å². The average molecular weight is 649 g/mol. The number of unbranched alkanes of at least 4 members (excludes halogenated alkanes) is 1. The first-order chi connectivity index (χ1) is 21.4. The second-order valence-electron chi connectivity index (χ2n) is 12.7. The van der Waals surface area contributed by atoms with Gasteiger partial charge in [-0.15, -0.1) is 0 Å². The van der Waals surface area contributed by atoms with E-state index in [1.807, 2.05) is 49.5 Å². The Morgan fingerprint density at radius 1 is 0.826 bits per heavy atom. The van der Waals surface area contributed by atoms with E-state index in [1.54, 1.807) is 12.4 Å². The fourth-order valence-electron chi connectivity index (χ4n) is 5.25. The summed E-state index contributed by atoms with van der Waals surface area (Å²) >= 11 is 0. The zero-order chi connectivity index (χ0) is 34.7. The Bertz CT molecular complexity index is 1310. The van der Waals surface area contributed by atoms with Crippen LogP contribution in [0.3, 0.4) is 0 Å². The minimum absolute atomic E-state index is 0.0389. The number of aryl methyl sites for hydroxylation is 2. The Labute approximate surface area is 268 Å². The fraction of sp³-hybridized carbons (Fsp3) is 0.633. The Morgan fingerprint density at radius 2 is 1.33 bits per heavy atom. The number of carbonyl (C=O) groups excluding carboxylic acids is 2. The van der Waals surface area contributed by atoms with Gasteiger partial charge in [0.05, 0.1) is 13.1 Å². The molecule has 2 heterocycles. The summed E-state index contributed by atoms with van der Waals surface area (Å²) < 4.78 is 3.93. The van der Waals surface area contributed by atoms with Crippen molar-refractivity contribution in [3.63, 3.8) is 0 Å². The molecule has 0 aliphatic carbocycles. The summed E-state index contributed by atoms with van der Waals surface area (Å²) in [6.45, 7) is 9.35. The molecule has 256 valence electrons. The number of imidazole rings is 2. The molecule has 46 heavy (non-hydrogen) atoms. The van der Waals surface area contributed by atoms with Crippen molar-refractivity contribution in [1.82, 2.24) is 40.0 Å². The summed E-state index contributed by atoms with van der Waals surface area (Å²) in [6.07, 6.45) is 7.81. The predicted molar refractivity (Wildman–Crippen MR) is 166 cm³/mol. The molecule has 16 heteroatoms. The number of urea groups is 1. The number of carboxylic acid groups (broad SMARTS) is 3. The van der Waals surface area contributed by atoms with Gasteiger partial charge >= 0.3 is 23.9 Å². The quantitative estimate of drug-likeness (QED) is 0.113. The molecule has 0 bridgehead atoms. The molecule has 0 radical (unpaired) electrons. The number of nitrogens with zero attached hydrogens (tertiary/aromatic N) is 5. The highest BCUT2D eigenvalue weighted by molar-refractivity contribution is 5.86. The Hall–Kier alpha value is -4.47. The molecule has 2 unspecified atom stereocenters. The zero-order valence-corrected chi connectivity index (χ0v) is 27.4. The lowest BCUT2D eigenvalue weighted by molar-refractivity contribution is -0.140. The fourth-order valence-corrected chi connectivity index (χ4v) is 5.25. The molecule has 2 atom stereocenters. The summed E-state index contributed by atoms with van der Waals surface area (Å²) in [5.74, 6) is -2.34. The van der Waals surface area contributed by atoms with Gasteiger partial charge in [0.1, 0.15) is 23.7 Å². The van der Waals surface area contributed by atoms with Crippen LogP contribution in [0, 0.1) is 5.41 Å². The molecule has 0 saturated carbocycles. The van der Waals surface area contributed by atoms with Crippen LogP contribution in [-0.2, 0) is 46.4 Å². The van der Waals surface area contributed by atoms with Crippen LogP contribution in [0.1, 0.15) is 77.9 Å². The van der Waals surface area contributed by atoms with Crippen molar-refractivity contribution in [2.24, 2.45) is 19.5 Å². The molecule has 0 aliphatic heterocycles. The highest BCUT2D eigenvalue weighted by Crippen LogP contribution is 2.34.